The minimum atomic E-state index is -2.49. The first-order valence-corrected chi connectivity index (χ1v) is 19.5. The molecule has 0 spiro atoms. The molecule has 2 aromatic heterocycles. The molecule has 51 heavy (non-hydrogen) atoms. The minimum Gasteiger partial charge on any atom is -0.254 e. The lowest BCUT2D eigenvalue weighted by Crippen LogP contribution is -2.72. The van der Waals surface area contributed by atoms with Gasteiger partial charge in [-0.2, -0.15) is 0 Å². The summed E-state index contributed by atoms with van der Waals surface area (Å²) in [5, 5.41) is 7.95. The van der Waals surface area contributed by atoms with Gasteiger partial charge in [0.2, 0.25) is 0 Å². The molecule has 7 aromatic carbocycles. The second-order valence-electron chi connectivity index (χ2n) is 13.4. The van der Waals surface area contributed by atoms with Crippen molar-refractivity contribution in [2.24, 2.45) is 0 Å². The van der Waals surface area contributed by atoms with Gasteiger partial charge in [0.1, 0.15) is 0 Å². The van der Waals surface area contributed by atoms with Crippen molar-refractivity contribution in [2.45, 2.75) is 0 Å². The molecule has 10 rings (SSSR count). The van der Waals surface area contributed by atoms with E-state index in [-0.39, 0.29) is 0 Å². The number of benzene rings is 7. The fourth-order valence-corrected chi connectivity index (χ4v) is 13.5. The van der Waals surface area contributed by atoms with Gasteiger partial charge in [-0.15, -0.1) is 0 Å². The second kappa shape index (κ2) is 11.9. The number of pyridine rings is 2. The van der Waals surface area contributed by atoms with Gasteiger partial charge < -0.3 is 0 Å². The van der Waals surface area contributed by atoms with E-state index in [2.05, 4.69) is 170 Å². The topological polar surface area (TPSA) is 25.8 Å². The summed E-state index contributed by atoms with van der Waals surface area (Å²) >= 11 is 0. The van der Waals surface area contributed by atoms with E-state index in [1.165, 1.54) is 43.0 Å². The van der Waals surface area contributed by atoms with E-state index in [1.807, 2.05) is 24.5 Å². The summed E-state index contributed by atoms with van der Waals surface area (Å²) in [5.74, 6) is 0. The van der Waals surface area contributed by atoms with Crippen molar-refractivity contribution in [2.75, 3.05) is 0 Å². The number of hydrogen-bond acceptors (Lipinski definition) is 2. The van der Waals surface area contributed by atoms with Gasteiger partial charge in [0.25, 0.3) is 0 Å². The highest BCUT2D eigenvalue weighted by Crippen LogP contribution is 2.37. The molecule has 0 amide bonds. The standard InChI is InChI=1S/C48H32N2Si/c1-4-13-33(14-5-1)38-29-37-31-43(42-20-12-28-49-48(42)47(37)50-32-38)35-24-22-34(23-25-35)36-26-27-46-44(30-36)41-19-10-11-21-45(41)51(46,39-15-6-2-7-16-39)40-17-8-3-9-18-40/h1-32H. The molecule has 3 heterocycles. The molecule has 9 aromatic rings. The molecular weight excluding hydrogens is 633 g/mol. The van der Waals surface area contributed by atoms with Crippen LogP contribution in [0.4, 0.5) is 0 Å². The molecule has 0 bridgehead atoms. The van der Waals surface area contributed by atoms with Crippen LogP contribution < -0.4 is 20.7 Å². The maximum Gasteiger partial charge on any atom is 0.180 e. The summed E-state index contributed by atoms with van der Waals surface area (Å²) in [4.78, 5) is 9.72. The molecule has 2 nitrogen and oxygen atoms in total. The maximum absolute atomic E-state index is 4.91. The van der Waals surface area contributed by atoms with E-state index in [0.29, 0.717) is 0 Å². The third-order valence-electron chi connectivity index (χ3n) is 10.6. The Hall–Kier alpha value is -6.42. The Morgan fingerprint density at radius 1 is 0.353 bits per heavy atom. The Labute approximate surface area is 298 Å². The molecule has 0 N–H and O–H groups in total. The molecular formula is C48H32N2Si. The van der Waals surface area contributed by atoms with Gasteiger partial charge in [0.15, 0.2) is 8.07 Å². The SMILES string of the molecule is c1ccc(-c2cnc3c(c2)cc(-c2ccc(-c4ccc5c(c4)-c4ccccc4[Si]5(c4ccccc4)c4ccccc4)cc2)c2cccnc23)cc1. The summed E-state index contributed by atoms with van der Waals surface area (Å²) in [5.41, 5.74) is 11.6. The Morgan fingerprint density at radius 2 is 0.961 bits per heavy atom. The highest BCUT2D eigenvalue weighted by atomic mass is 28.3. The van der Waals surface area contributed by atoms with Crippen LogP contribution in [0.2, 0.25) is 0 Å². The van der Waals surface area contributed by atoms with Gasteiger partial charge in [0.05, 0.1) is 11.0 Å². The normalized spacial score (nSPS) is 12.9. The summed E-state index contributed by atoms with van der Waals surface area (Å²) < 4.78 is 0. The average Bonchev–Trinajstić information content (AvgIpc) is 3.52. The van der Waals surface area contributed by atoms with Crippen LogP contribution >= 0.6 is 0 Å². The lowest BCUT2D eigenvalue weighted by molar-refractivity contribution is 1.37. The van der Waals surface area contributed by atoms with E-state index in [1.54, 1.807) is 0 Å². The van der Waals surface area contributed by atoms with Crippen LogP contribution in [0.5, 0.6) is 0 Å². The van der Waals surface area contributed by atoms with Gasteiger partial charge in [-0.3, -0.25) is 9.97 Å². The molecule has 0 saturated carbocycles. The molecule has 3 heteroatoms. The minimum absolute atomic E-state index is 0.926. The molecule has 0 unspecified atom stereocenters. The van der Waals surface area contributed by atoms with Crippen LogP contribution in [0.1, 0.15) is 0 Å². The Morgan fingerprint density at radius 3 is 1.71 bits per heavy atom. The van der Waals surface area contributed by atoms with Crippen molar-refractivity contribution in [1.82, 2.24) is 9.97 Å². The first kappa shape index (κ1) is 29.5. The lowest BCUT2D eigenvalue weighted by atomic mass is 9.94. The monoisotopic (exact) mass is 664 g/mol. The molecule has 0 fully saturated rings. The lowest BCUT2D eigenvalue weighted by Gasteiger charge is -2.31. The number of aromatic nitrogens is 2. The summed E-state index contributed by atoms with van der Waals surface area (Å²) in [6, 6.07) is 66.8. The second-order valence-corrected chi connectivity index (χ2v) is 17.1. The van der Waals surface area contributed by atoms with Crippen LogP contribution in [0, 0.1) is 0 Å². The highest BCUT2D eigenvalue weighted by molar-refractivity contribution is 7.22. The largest absolute Gasteiger partial charge is 0.254 e. The van der Waals surface area contributed by atoms with Gasteiger partial charge >= 0.3 is 0 Å². The third kappa shape index (κ3) is 4.63. The first-order valence-electron chi connectivity index (χ1n) is 17.5. The predicted molar refractivity (Wildman–Crippen MR) is 216 cm³/mol. The first-order chi connectivity index (χ1) is 25.3. The number of hydrogen-bond donors (Lipinski definition) is 0. The van der Waals surface area contributed by atoms with Crippen LogP contribution in [0.25, 0.3) is 66.3 Å². The van der Waals surface area contributed by atoms with Crippen LogP contribution in [0.3, 0.4) is 0 Å². The quantitative estimate of drug-likeness (QED) is 0.136. The molecule has 238 valence electrons. The number of rotatable bonds is 5. The number of fused-ring (bicyclic) bond motifs is 6. The van der Waals surface area contributed by atoms with Gasteiger partial charge in [-0.25, -0.2) is 0 Å². The molecule has 0 aliphatic carbocycles. The predicted octanol–water partition coefficient (Wildman–Crippen LogP) is 9.14. The zero-order valence-electron chi connectivity index (χ0n) is 27.9. The molecule has 0 atom stereocenters. The van der Waals surface area contributed by atoms with Crippen LogP contribution in [-0.2, 0) is 0 Å². The maximum atomic E-state index is 4.91. The molecule has 1 aliphatic heterocycles. The van der Waals surface area contributed by atoms with Gasteiger partial charge in [-0.1, -0.05) is 158 Å². The Balaban J connectivity index is 1.09. The van der Waals surface area contributed by atoms with E-state index < -0.39 is 8.07 Å². The van der Waals surface area contributed by atoms with E-state index in [4.69, 9.17) is 9.97 Å². The van der Waals surface area contributed by atoms with Crippen molar-refractivity contribution >= 4 is 50.6 Å². The van der Waals surface area contributed by atoms with E-state index >= 15 is 0 Å². The van der Waals surface area contributed by atoms with Crippen LogP contribution in [-0.4, -0.2) is 18.0 Å². The van der Waals surface area contributed by atoms with Crippen molar-refractivity contribution in [3.63, 3.8) is 0 Å². The number of nitrogens with zero attached hydrogens (tertiary/aromatic N) is 2. The zero-order valence-corrected chi connectivity index (χ0v) is 28.9. The van der Waals surface area contributed by atoms with Crippen LogP contribution in [0.15, 0.2) is 194 Å². The average molecular weight is 665 g/mol. The molecule has 0 radical (unpaired) electrons. The Bertz CT molecular complexity index is 2680. The van der Waals surface area contributed by atoms with Crippen molar-refractivity contribution in [3.05, 3.63) is 194 Å². The summed E-state index contributed by atoms with van der Waals surface area (Å²) in [6.45, 7) is 0. The smallest absolute Gasteiger partial charge is 0.180 e. The summed E-state index contributed by atoms with van der Waals surface area (Å²) in [7, 11) is -2.49. The van der Waals surface area contributed by atoms with E-state index in [9.17, 15) is 0 Å². The third-order valence-corrected chi connectivity index (χ3v) is 15.5. The van der Waals surface area contributed by atoms with Gasteiger partial charge in [0, 0.05) is 28.7 Å². The fourth-order valence-electron chi connectivity index (χ4n) is 8.33. The van der Waals surface area contributed by atoms with Crippen molar-refractivity contribution in [3.8, 4) is 44.5 Å². The molecule has 0 saturated heterocycles. The van der Waals surface area contributed by atoms with E-state index in [0.717, 1.165) is 44.1 Å². The highest BCUT2D eigenvalue weighted by Gasteiger charge is 2.48. The Kier molecular flexibility index (Phi) is 6.86. The fraction of sp³-hybridized carbons (Fsp3) is 0. The van der Waals surface area contributed by atoms with Crippen molar-refractivity contribution in [1.29, 1.82) is 0 Å². The summed E-state index contributed by atoms with van der Waals surface area (Å²) in [6.07, 6.45) is 3.82. The molecule has 1 aliphatic rings. The van der Waals surface area contributed by atoms with Gasteiger partial charge in [-0.05, 0) is 84.0 Å². The zero-order chi connectivity index (χ0) is 33.8. The van der Waals surface area contributed by atoms with Crippen molar-refractivity contribution < 1.29 is 0 Å².